The highest BCUT2D eigenvalue weighted by molar-refractivity contribution is 5.81. The Bertz CT molecular complexity index is 925. The molecule has 0 spiro atoms. The number of alkyl halides is 3. The molecule has 1 aromatic carbocycles. The zero-order valence-corrected chi connectivity index (χ0v) is 18.6. The third-order valence-electron chi connectivity index (χ3n) is 6.60. The highest BCUT2D eigenvalue weighted by Crippen LogP contribution is 2.40. The predicted molar refractivity (Wildman–Crippen MR) is 113 cm³/mol. The van der Waals surface area contributed by atoms with Gasteiger partial charge in [0, 0.05) is 37.3 Å². The number of amides is 2. The molecule has 2 heterocycles. The quantitative estimate of drug-likeness (QED) is 0.764. The van der Waals surface area contributed by atoms with Crippen LogP contribution >= 0.6 is 0 Å². The molecule has 32 heavy (non-hydrogen) atoms. The maximum Gasteiger partial charge on any atom is 0.417 e. The topological polar surface area (TPSA) is 90.4 Å². The fourth-order valence-corrected chi connectivity index (χ4v) is 4.88. The lowest BCUT2D eigenvalue weighted by Crippen LogP contribution is -2.46. The minimum atomic E-state index is -4.64. The summed E-state index contributed by atoms with van der Waals surface area (Å²) in [6, 6.07) is 5.22. The Kier molecular flexibility index (Phi) is 6.45. The predicted octanol–water partition coefficient (Wildman–Crippen LogP) is 3.40. The maximum atomic E-state index is 13.4. The lowest BCUT2D eigenvalue weighted by molar-refractivity contribution is -0.141. The van der Waals surface area contributed by atoms with E-state index < -0.39 is 34.5 Å². The first-order valence-electron chi connectivity index (χ1n) is 10.8. The Hall–Kier alpha value is -2.76. The van der Waals surface area contributed by atoms with Crippen LogP contribution in [0.1, 0.15) is 44.7 Å². The summed E-state index contributed by atoms with van der Waals surface area (Å²) in [6.07, 6.45) is -3.19. The molecule has 2 atom stereocenters. The molecule has 0 aliphatic carbocycles. The summed E-state index contributed by atoms with van der Waals surface area (Å²) in [7, 11) is 0. The van der Waals surface area contributed by atoms with E-state index in [0.29, 0.717) is 25.3 Å². The van der Waals surface area contributed by atoms with Gasteiger partial charge >= 0.3 is 6.18 Å². The van der Waals surface area contributed by atoms with Gasteiger partial charge in [0.15, 0.2) is 0 Å². The van der Waals surface area contributed by atoms with Crippen LogP contribution in [0.2, 0.25) is 0 Å². The van der Waals surface area contributed by atoms with Crippen LogP contribution in [0.4, 0.5) is 18.9 Å². The van der Waals surface area contributed by atoms with Crippen LogP contribution in [0.3, 0.4) is 0 Å². The highest BCUT2D eigenvalue weighted by atomic mass is 19.4. The zero-order chi connectivity index (χ0) is 23.8. The minimum Gasteiger partial charge on any atom is -0.370 e. The van der Waals surface area contributed by atoms with Crippen LogP contribution in [0.25, 0.3) is 0 Å². The van der Waals surface area contributed by atoms with Crippen molar-refractivity contribution in [3.8, 4) is 6.07 Å². The van der Waals surface area contributed by atoms with Crippen molar-refractivity contribution in [2.45, 2.75) is 39.8 Å². The average molecular weight is 451 g/mol. The van der Waals surface area contributed by atoms with Crippen molar-refractivity contribution < 1.29 is 22.8 Å². The molecule has 174 valence electrons. The third kappa shape index (κ3) is 4.84. The second-order valence-corrected chi connectivity index (χ2v) is 9.80. The summed E-state index contributed by atoms with van der Waals surface area (Å²) in [5.74, 6) is -0.788. The standard InChI is InChI=1S/C23H29F3N4O2/c1-22(2,3)21(32)29-8-6-14(7-9-29)17-12-30(13-18(17)20(28)31)16-5-4-15(11-27)19(10-16)23(24,25)26/h4-5,10,14,17-18H,6-9,12-13H2,1-3H3,(H2,28,31)/t17-,18+/m0/s1. The summed E-state index contributed by atoms with van der Waals surface area (Å²) in [5.41, 5.74) is 4.11. The molecule has 9 heteroatoms. The van der Waals surface area contributed by atoms with Crippen molar-refractivity contribution in [1.29, 1.82) is 5.26 Å². The number of likely N-dealkylation sites (tertiary alicyclic amines) is 1. The van der Waals surface area contributed by atoms with E-state index in [1.54, 1.807) is 11.0 Å². The van der Waals surface area contributed by atoms with Crippen LogP contribution in [0.15, 0.2) is 18.2 Å². The number of nitrogens with zero attached hydrogens (tertiary/aromatic N) is 3. The number of anilines is 1. The third-order valence-corrected chi connectivity index (χ3v) is 6.60. The van der Waals surface area contributed by atoms with Crippen molar-refractivity contribution in [3.63, 3.8) is 0 Å². The first-order chi connectivity index (χ1) is 14.8. The van der Waals surface area contributed by atoms with E-state index in [0.717, 1.165) is 18.9 Å². The number of carbonyl (C=O) groups is 2. The van der Waals surface area contributed by atoms with Gasteiger partial charge in [-0.3, -0.25) is 9.59 Å². The Morgan fingerprint density at radius 2 is 1.75 bits per heavy atom. The van der Waals surface area contributed by atoms with E-state index in [9.17, 15) is 22.8 Å². The summed E-state index contributed by atoms with van der Waals surface area (Å²) in [6.45, 7) is 7.49. The molecule has 0 bridgehead atoms. The van der Waals surface area contributed by atoms with Crippen molar-refractivity contribution in [2.24, 2.45) is 28.9 Å². The lowest BCUT2D eigenvalue weighted by atomic mass is 9.78. The van der Waals surface area contributed by atoms with E-state index in [4.69, 9.17) is 11.0 Å². The molecule has 0 unspecified atom stereocenters. The number of halogens is 3. The Balaban J connectivity index is 1.77. The largest absolute Gasteiger partial charge is 0.417 e. The summed E-state index contributed by atoms with van der Waals surface area (Å²) < 4.78 is 40.2. The van der Waals surface area contributed by atoms with Crippen LogP contribution in [0, 0.1) is 34.5 Å². The van der Waals surface area contributed by atoms with Gasteiger partial charge in [0.2, 0.25) is 11.8 Å². The number of hydrogen-bond donors (Lipinski definition) is 1. The van der Waals surface area contributed by atoms with E-state index in [1.165, 1.54) is 12.1 Å². The van der Waals surface area contributed by atoms with E-state index in [-0.39, 0.29) is 24.3 Å². The van der Waals surface area contributed by atoms with Crippen molar-refractivity contribution >= 4 is 17.5 Å². The van der Waals surface area contributed by atoms with E-state index >= 15 is 0 Å². The van der Waals surface area contributed by atoms with Crippen LogP contribution in [0.5, 0.6) is 0 Å². The van der Waals surface area contributed by atoms with Gasteiger partial charge in [0.1, 0.15) is 0 Å². The Labute approximate surface area is 186 Å². The maximum absolute atomic E-state index is 13.4. The summed E-state index contributed by atoms with van der Waals surface area (Å²) >= 11 is 0. The van der Waals surface area contributed by atoms with Gasteiger partial charge in [-0.05, 0) is 42.9 Å². The van der Waals surface area contributed by atoms with Crippen LogP contribution in [-0.4, -0.2) is 42.9 Å². The normalized spacial score (nSPS) is 22.7. The second-order valence-electron chi connectivity index (χ2n) is 9.80. The number of rotatable bonds is 3. The monoisotopic (exact) mass is 450 g/mol. The number of nitrogens with two attached hydrogens (primary N) is 1. The van der Waals surface area contributed by atoms with Gasteiger partial charge in [-0.15, -0.1) is 0 Å². The number of primary amides is 1. The van der Waals surface area contributed by atoms with E-state index in [1.807, 2.05) is 25.7 Å². The molecular weight excluding hydrogens is 421 g/mol. The molecule has 2 aliphatic heterocycles. The number of hydrogen-bond acceptors (Lipinski definition) is 4. The van der Waals surface area contributed by atoms with Crippen molar-refractivity contribution in [2.75, 3.05) is 31.1 Å². The molecule has 6 nitrogen and oxygen atoms in total. The first kappa shape index (κ1) is 23.9. The number of piperidine rings is 1. The van der Waals surface area contributed by atoms with Gasteiger partial charge in [-0.25, -0.2) is 0 Å². The molecule has 0 aromatic heterocycles. The summed E-state index contributed by atoms with van der Waals surface area (Å²) in [5, 5.41) is 9.02. The summed E-state index contributed by atoms with van der Waals surface area (Å²) in [4.78, 5) is 28.3. The van der Waals surface area contributed by atoms with Crippen molar-refractivity contribution in [1.82, 2.24) is 4.90 Å². The Morgan fingerprint density at radius 1 is 1.12 bits per heavy atom. The zero-order valence-electron chi connectivity index (χ0n) is 18.6. The minimum absolute atomic E-state index is 0.0905. The van der Waals surface area contributed by atoms with Gasteiger partial charge in [-0.1, -0.05) is 20.8 Å². The Morgan fingerprint density at radius 3 is 2.25 bits per heavy atom. The lowest BCUT2D eigenvalue weighted by Gasteiger charge is -2.38. The van der Waals surface area contributed by atoms with Gasteiger partial charge < -0.3 is 15.5 Å². The molecule has 3 rings (SSSR count). The molecule has 0 radical (unpaired) electrons. The average Bonchev–Trinajstić information content (AvgIpc) is 3.17. The van der Waals surface area contributed by atoms with Crippen molar-refractivity contribution in [3.05, 3.63) is 29.3 Å². The number of benzene rings is 1. The number of nitriles is 1. The molecule has 1 aromatic rings. The molecule has 2 fully saturated rings. The number of carbonyl (C=O) groups excluding carboxylic acids is 2. The molecule has 0 saturated carbocycles. The molecule has 2 N–H and O–H groups in total. The first-order valence-corrected chi connectivity index (χ1v) is 10.8. The molecule has 2 amide bonds. The van der Waals surface area contributed by atoms with Gasteiger partial charge in [-0.2, -0.15) is 18.4 Å². The van der Waals surface area contributed by atoms with Gasteiger partial charge in [0.05, 0.1) is 23.1 Å². The fourth-order valence-electron chi connectivity index (χ4n) is 4.88. The highest BCUT2D eigenvalue weighted by Gasteiger charge is 2.43. The van der Waals surface area contributed by atoms with Gasteiger partial charge in [0.25, 0.3) is 0 Å². The van der Waals surface area contributed by atoms with E-state index in [2.05, 4.69) is 0 Å². The van der Waals surface area contributed by atoms with Crippen LogP contribution < -0.4 is 10.6 Å². The van der Waals surface area contributed by atoms with Crippen LogP contribution in [-0.2, 0) is 15.8 Å². The second kappa shape index (κ2) is 8.64. The molecule has 2 aliphatic rings. The smallest absolute Gasteiger partial charge is 0.370 e. The SMILES string of the molecule is CC(C)(C)C(=O)N1CCC([C@@H]2CN(c3ccc(C#N)c(C(F)(F)F)c3)C[C@H]2C(N)=O)CC1. The molecular formula is C23H29F3N4O2. The fraction of sp³-hybridized carbons (Fsp3) is 0.609. The molecule has 2 saturated heterocycles.